The third-order valence-corrected chi connectivity index (χ3v) is 3.00. The van der Waals surface area contributed by atoms with Gasteiger partial charge in [-0.2, -0.15) is 0 Å². The lowest BCUT2D eigenvalue weighted by atomic mass is 10.00. The minimum atomic E-state index is -0.234. The summed E-state index contributed by atoms with van der Waals surface area (Å²) in [5, 5.41) is 0. The lowest BCUT2D eigenvalue weighted by Crippen LogP contribution is -2.33. The molecule has 0 radical (unpaired) electrons. The van der Waals surface area contributed by atoms with E-state index in [9.17, 15) is 0 Å². The summed E-state index contributed by atoms with van der Waals surface area (Å²) < 4.78 is 11.1. The van der Waals surface area contributed by atoms with Crippen molar-refractivity contribution in [1.29, 1.82) is 0 Å². The predicted molar refractivity (Wildman–Crippen MR) is 67.4 cm³/mol. The zero-order chi connectivity index (χ0) is 12.1. The van der Waals surface area contributed by atoms with Gasteiger partial charge in [-0.25, -0.2) is 0 Å². The van der Waals surface area contributed by atoms with E-state index in [1.54, 1.807) is 7.11 Å². The van der Waals surface area contributed by atoms with Crippen molar-refractivity contribution in [2.75, 3.05) is 13.7 Å². The Kier molecular flexibility index (Phi) is 4.18. The molecule has 1 aliphatic rings. The normalized spacial score (nSPS) is 19.1. The van der Waals surface area contributed by atoms with E-state index in [2.05, 4.69) is 6.08 Å². The molecule has 0 amide bonds. The van der Waals surface area contributed by atoms with Gasteiger partial charge in [0.1, 0.15) is 11.9 Å². The number of benzene rings is 1. The van der Waals surface area contributed by atoms with Crippen molar-refractivity contribution in [3.63, 3.8) is 0 Å². The number of hydrogen-bond donors (Lipinski definition) is 1. The van der Waals surface area contributed by atoms with Gasteiger partial charge in [-0.1, -0.05) is 30.3 Å². The highest BCUT2D eigenvalue weighted by molar-refractivity contribution is 5.22. The molecule has 2 atom stereocenters. The standard InChI is InChI=1S/C14H19NO2/c1-16-14(11-7-3-2-4-8-11)13(15)12-9-5-6-10-17-12/h2-4,7-9,13-14H,5-6,10,15H2,1H3. The summed E-state index contributed by atoms with van der Waals surface area (Å²) in [4.78, 5) is 0. The largest absolute Gasteiger partial charge is 0.496 e. The molecule has 1 aromatic rings. The third kappa shape index (κ3) is 2.87. The zero-order valence-corrected chi connectivity index (χ0v) is 10.1. The molecule has 2 rings (SSSR count). The molecule has 3 heteroatoms. The molecule has 0 aliphatic carbocycles. The van der Waals surface area contributed by atoms with Crippen LogP contribution < -0.4 is 5.73 Å². The van der Waals surface area contributed by atoms with E-state index in [4.69, 9.17) is 15.2 Å². The maximum Gasteiger partial charge on any atom is 0.112 e. The molecule has 92 valence electrons. The summed E-state index contributed by atoms with van der Waals surface area (Å²) in [7, 11) is 1.68. The molecule has 0 saturated carbocycles. The molecule has 1 aromatic carbocycles. The van der Waals surface area contributed by atoms with Gasteiger partial charge in [0.2, 0.25) is 0 Å². The van der Waals surface area contributed by atoms with Crippen LogP contribution in [0.1, 0.15) is 24.5 Å². The molecule has 0 spiro atoms. The van der Waals surface area contributed by atoms with Gasteiger partial charge in [-0.3, -0.25) is 0 Å². The zero-order valence-electron chi connectivity index (χ0n) is 10.1. The summed E-state index contributed by atoms with van der Waals surface area (Å²) in [6, 6.07) is 9.78. The number of hydrogen-bond acceptors (Lipinski definition) is 3. The van der Waals surface area contributed by atoms with Gasteiger partial charge >= 0.3 is 0 Å². The first-order valence-electron chi connectivity index (χ1n) is 5.99. The Balaban J connectivity index is 2.15. The maximum atomic E-state index is 6.22. The van der Waals surface area contributed by atoms with Gasteiger partial charge in [-0.15, -0.1) is 0 Å². The summed E-state index contributed by atoms with van der Waals surface area (Å²) in [6.45, 7) is 0.755. The van der Waals surface area contributed by atoms with Gasteiger partial charge in [0.25, 0.3) is 0 Å². The van der Waals surface area contributed by atoms with Crippen LogP contribution in [0.15, 0.2) is 42.2 Å². The van der Waals surface area contributed by atoms with Crippen LogP contribution in [0, 0.1) is 0 Å². The van der Waals surface area contributed by atoms with Crippen LogP contribution >= 0.6 is 0 Å². The Morgan fingerprint density at radius 3 is 2.65 bits per heavy atom. The molecular formula is C14H19NO2. The second-order valence-corrected chi connectivity index (χ2v) is 4.19. The van der Waals surface area contributed by atoms with Crippen LogP contribution in [0.25, 0.3) is 0 Å². The van der Waals surface area contributed by atoms with E-state index >= 15 is 0 Å². The van der Waals surface area contributed by atoms with Crippen molar-refractivity contribution in [2.24, 2.45) is 5.73 Å². The predicted octanol–water partition coefficient (Wildman–Crippen LogP) is 2.40. The van der Waals surface area contributed by atoms with Gasteiger partial charge in [0, 0.05) is 7.11 Å². The van der Waals surface area contributed by atoms with E-state index in [0.29, 0.717) is 0 Å². The van der Waals surface area contributed by atoms with Crippen molar-refractivity contribution in [2.45, 2.75) is 25.0 Å². The Bertz CT molecular complexity index is 375. The number of allylic oxidation sites excluding steroid dienone is 1. The molecule has 1 heterocycles. The summed E-state index contributed by atoms with van der Waals surface area (Å²) in [5.41, 5.74) is 7.30. The van der Waals surface area contributed by atoms with Gasteiger partial charge in [0.15, 0.2) is 0 Å². The van der Waals surface area contributed by atoms with E-state index in [0.717, 1.165) is 30.8 Å². The number of nitrogens with two attached hydrogens (primary N) is 1. The van der Waals surface area contributed by atoms with Crippen molar-refractivity contribution >= 4 is 0 Å². The molecule has 0 fully saturated rings. The first kappa shape index (κ1) is 12.1. The minimum Gasteiger partial charge on any atom is -0.496 e. The lowest BCUT2D eigenvalue weighted by Gasteiger charge is -2.27. The maximum absolute atomic E-state index is 6.22. The average molecular weight is 233 g/mol. The Morgan fingerprint density at radius 2 is 2.06 bits per heavy atom. The highest BCUT2D eigenvalue weighted by Crippen LogP contribution is 2.25. The first-order chi connectivity index (χ1) is 8.33. The molecular weight excluding hydrogens is 214 g/mol. The van der Waals surface area contributed by atoms with E-state index in [-0.39, 0.29) is 12.1 Å². The fourth-order valence-corrected chi connectivity index (χ4v) is 2.09. The average Bonchev–Trinajstić information content (AvgIpc) is 2.42. The molecule has 2 N–H and O–H groups in total. The first-order valence-corrected chi connectivity index (χ1v) is 5.99. The summed E-state index contributed by atoms with van der Waals surface area (Å²) in [6.07, 6.45) is 4.02. The van der Waals surface area contributed by atoms with Crippen molar-refractivity contribution in [3.05, 3.63) is 47.7 Å². The van der Waals surface area contributed by atoms with Crippen LogP contribution in [-0.2, 0) is 9.47 Å². The van der Waals surface area contributed by atoms with Crippen molar-refractivity contribution in [1.82, 2.24) is 0 Å². The molecule has 3 nitrogen and oxygen atoms in total. The fraction of sp³-hybridized carbons (Fsp3) is 0.429. The van der Waals surface area contributed by atoms with Crippen molar-refractivity contribution < 1.29 is 9.47 Å². The van der Waals surface area contributed by atoms with Crippen LogP contribution in [-0.4, -0.2) is 19.8 Å². The topological polar surface area (TPSA) is 44.5 Å². The molecule has 2 unspecified atom stereocenters. The second kappa shape index (κ2) is 5.84. The van der Waals surface area contributed by atoms with Crippen LogP contribution in [0.5, 0.6) is 0 Å². The monoisotopic (exact) mass is 233 g/mol. The molecule has 0 bridgehead atoms. The Hall–Kier alpha value is -1.32. The van der Waals surface area contributed by atoms with Crippen LogP contribution in [0.2, 0.25) is 0 Å². The van der Waals surface area contributed by atoms with Crippen LogP contribution in [0.4, 0.5) is 0 Å². The Morgan fingerprint density at radius 1 is 1.29 bits per heavy atom. The molecule has 17 heavy (non-hydrogen) atoms. The quantitative estimate of drug-likeness (QED) is 0.868. The minimum absolute atomic E-state index is 0.152. The molecule has 0 aromatic heterocycles. The highest BCUT2D eigenvalue weighted by Gasteiger charge is 2.24. The smallest absolute Gasteiger partial charge is 0.112 e. The van der Waals surface area contributed by atoms with Gasteiger partial charge in [-0.05, 0) is 24.5 Å². The van der Waals surface area contributed by atoms with E-state index in [1.165, 1.54) is 0 Å². The number of ether oxygens (including phenoxy) is 2. The highest BCUT2D eigenvalue weighted by atomic mass is 16.5. The van der Waals surface area contributed by atoms with Crippen molar-refractivity contribution in [3.8, 4) is 0 Å². The number of rotatable bonds is 4. The lowest BCUT2D eigenvalue weighted by molar-refractivity contribution is 0.0617. The van der Waals surface area contributed by atoms with Gasteiger partial charge < -0.3 is 15.2 Å². The van der Waals surface area contributed by atoms with E-state index < -0.39 is 0 Å². The summed E-state index contributed by atoms with van der Waals surface area (Å²) in [5.74, 6) is 0.854. The van der Waals surface area contributed by atoms with E-state index in [1.807, 2.05) is 30.3 Å². The Labute approximate surface area is 102 Å². The summed E-state index contributed by atoms with van der Waals surface area (Å²) >= 11 is 0. The molecule has 0 saturated heterocycles. The SMILES string of the molecule is COC(c1ccccc1)C(N)C1=CCCCO1. The van der Waals surface area contributed by atoms with Gasteiger partial charge in [0.05, 0.1) is 12.6 Å². The fourth-order valence-electron chi connectivity index (χ4n) is 2.09. The van der Waals surface area contributed by atoms with Crippen LogP contribution in [0.3, 0.4) is 0 Å². The second-order valence-electron chi connectivity index (χ2n) is 4.19. The number of methoxy groups -OCH3 is 1. The molecule has 1 aliphatic heterocycles. The third-order valence-electron chi connectivity index (χ3n) is 3.00.